The van der Waals surface area contributed by atoms with Gasteiger partial charge in [-0.15, -0.1) is 0 Å². The third-order valence-electron chi connectivity index (χ3n) is 6.49. The highest BCUT2D eigenvalue weighted by Crippen LogP contribution is 2.50. The molecule has 0 amide bonds. The zero-order valence-electron chi connectivity index (χ0n) is 19.2. The van der Waals surface area contributed by atoms with Gasteiger partial charge < -0.3 is 4.74 Å². The molecule has 0 radical (unpaired) electrons. The second kappa shape index (κ2) is 9.27. The average Bonchev–Trinajstić information content (AvgIpc) is 3.04. The molecule has 0 aromatic heterocycles. The normalized spacial score (nSPS) is 19.0. The molecule has 37 heavy (non-hydrogen) atoms. The number of hydrogen-bond donors (Lipinski definition) is 0. The Kier molecular flexibility index (Phi) is 6.72. The van der Waals surface area contributed by atoms with Crippen LogP contribution in [0, 0.1) is 11.6 Å². The Morgan fingerprint density at radius 2 is 1.38 bits per heavy atom. The molecule has 1 aliphatic heterocycles. The summed E-state index contributed by atoms with van der Waals surface area (Å²) >= 11 is 0. The van der Waals surface area contributed by atoms with Crippen molar-refractivity contribution in [3.63, 3.8) is 0 Å². The molecule has 1 unspecified atom stereocenters. The van der Waals surface area contributed by atoms with E-state index in [0.717, 1.165) is 25.3 Å². The molecule has 1 heterocycles. The Morgan fingerprint density at radius 3 is 1.95 bits per heavy atom. The molecule has 198 valence electrons. The predicted octanol–water partition coefficient (Wildman–Crippen LogP) is 7.06. The lowest BCUT2D eigenvalue weighted by molar-refractivity contribution is -0.172. The van der Waals surface area contributed by atoms with Crippen molar-refractivity contribution in [2.24, 2.45) is 0 Å². The molecule has 4 rings (SSSR count). The summed E-state index contributed by atoms with van der Waals surface area (Å²) in [6.07, 6.45) is -5.45. The Labute approximate surface area is 206 Å². The Hall–Kier alpha value is -3.21. The van der Waals surface area contributed by atoms with E-state index in [1.165, 1.54) is 12.1 Å². The zero-order valence-corrected chi connectivity index (χ0v) is 19.2. The molecule has 1 saturated heterocycles. The van der Waals surface area contributed by atoms with E-state index in [4.69, 9.17) is 4.74 Å². The van der Waals surface area contributed by atoms with Gasteiger partial charge in [-0.1, -0.05) is 36.4 Å². The highest BCUT2D eigenvalue weighted by Gasteiger charge is 2.66. The molecule has 3 aromatic rings. The van der Waals surface area contributed by atoms with Gasteiger partial charge in [0.1, 0.15) is 5.82 Å². The van der Waals surface area contributed by atoms with E-state index in [-0.39, 0.29) is 11.6 Å². The maximum Gasteiger partial charge on any atom is 0.416 e. The Morgan fingerprint density at radius 1 is 0.784 bits per heavy atom. The first-order valence-electron chi connectivity index (χ1n) is 11.0. The summed E-state index contributed by atoms with van der Waals surface area (Å²) in [4.78, 5) is 0.627. The minimum atomic E-state index is -5.03. The molecule has 2 nitrogen and oxygen atoms in total. The number of rotatable bonds is 6. The maximum atomic E-state index is 14.6. The van der Waals surface area contributed by atoms with Crippen LogP contribution in [0.1, 0.15) is 22.3 Å². The molecule has 0 aliphatic carbocycles. The fourth-order valence-electron chi connectivity index (χ4n) is 4.68. The van der Waals surface area contributed by atoms with Crippen LogP contribution in [0.15, 0.2) is 66.7 Å². The predicted molar refractivity (Wildman–Crippen MR) is 117 cm³/mol. The van der Waals surface area contributed by atoms with Crippen molar-refractivity contribution in [3.05, 3.63) is 101 Å². The SMILES string of the molecule is COc1cc(C(Cc2ccccc2)(c2cc(F)cc(C(F)(F)F)c2)N2CC(F)(F)C(F)(F)C2)ccc1F. The number of ether oxygens (including phenoxy) is 1. The van der Waals surface area contributed by atoms with Crippen LogP contribution < -0.4 is 4.74 Å². The number of methoxy groups -OCH3 is 1. The second-order valence-corrected chi connectivity index (χ2v) is 8.86. The number of likely N-dealkylation sites (tertiary alicyclic amines) is 1. The highest BCUT2D eigenvalue weighted by molar-refractivity contribution is 5.47. The minimum absolute atomic E-state index is 0.137. The van der Waals surface area contributed by atoms with Crippen molar-refractivity contribution < 1.29 is 44.3 Å². The number of hydrogen-bond acceptors (Lipinski definition) is 2. The first kappa shape index (κ1) is 26.8. The molecule has 1 atom stereocenters. The summed E-state index contributed by atoms with van der Waals surface area (Å²) in [7, 11) is 1.10. The largest absolute Gasteiger partial charge is 0.494 e. The van der Waals surface area contributed by atoms with Crippen molar-refractivity contribution in [1.82, 2.24) is 4.90 Å². The monoisotopic (exact) mass is 533 g/mol. The lowest BCUT2D eigenvalue weighted by atomic mass is 9.76. The van der Waals surface area contributed by atoms with E-state index >= 15 is 0 Å². The van der Waals surface area contributed by atoms with Gasteiger partial charge in [-0.05, 0) is 53.4 Å². The summed E-state index contributed by atoms with van der Waals surface area (Å²) < 4.78 is 133. The van der Waals surface area contributed by atoms with Crippen LogP contribution in [0.25, 0.3) is 0 Å². The number of nitrogens with zero attached hydrogens (tertiary/aromatic N) is 1. The molecule has 1 aliphatic rings. The van der Waals surface area contributed by atoms with Crippen molar-refractivity contribution >= 4 is 0 Å². The van der Waals surface area contributed by atoms with Gasteiger partial charge in [-0.3, -0.25) is 4.90 Å². The summed E-state index contributed by atoms with van der Waals surface area (Å²) in [5.41, 5.74) is -3.92. The van der Waals surface area contributed by atoms with Gasteiger partial charge in [0.05, 0.1) is 31.3 Å². The van der Waals surface area contributed by atoms with E-state index in [0.29, 0.717) is 22.6 Å². The number of alkyl halides is 7. The smallest absolute Gasteiger partial charge is 0.416 e. The van der Waals surface area contributed by atoms with Gasteiger partial charge >= 0.3 is 18.0 Å². The van der Waals surface area contributed by atoms with Gasteiger partial charge in [0.25, 0.3) is 0 Å². The standard InChI is InChI=1S/C26H20F9NO/c1-37-22-12-17(7-8-21(22)28)23(13-16-5-3-2-4-6-16,36-14-24(29,30)25(31,32)15-36)18-9-19(26(33,34)35)11-20(27)10-18/h2-12H,13-15H2,1H3. The summed E-state index contributed by atoms with van der Waals surface area (Å²) in [6.45, 7) is -3.10. The first-order chi connectivity index (χ1) is 17.2. The molecule has 1 fully saturated rings. The van der Waals surface area contributed by atoms with Crippen LogP contribution in [0.5, 0.6) is 5.75 Å². The summed E-state index contributed by atoms with van der Waals surface area (Å²) in [6, 6.07) is 12.2. The van der Waals surface area contributed by atoms with Crippen LogP contribution in [0.2, 0.25) is 0 Å². The fraction of sp³-hybridized carbons (Fsp3) is 0.308. The zero-order chi connectivity index (χ0) is 27.2. The molecular formula is C26H20F9NO. The Balaban J connectivity index is 2.09. The average molecular weight is 533 g/mol. The van der Waals surface area contributed by atoms with E-state index in [1.807, 2.05) is 0 Å². The van der Waals surface area contributed by atoms with E-state index in [2.05, 4.69) is 0 Å². The van der Waals surface area contributed by atoms with Crippen LogP contribution >= 0.6 is 0 Å². The van der Waals surface area contributed by atoms with E-state index < -0.39 is 71.6 Å². The summed E-state index contributed by atoms with van der Waals surface area (Å²) in [5, 5.41) is 0. The second-order valence-electron chi connectivity index (χ2n) is 8.86. The molecule has 0 saturated carbocycles. The van der Waals surface area contributed by atoms with Gasteiger partial charge in [0.2, 0.25) is 0 Å². The number of halogens is 9. The topological polar surface area (TPSA) is 12.5 Å². The molecule has 11 heteroatoms. The quantitative estimate of drug-likeness (QED) is 0.315. The summed E-state index contributed by atoms with van der Waals surface area (Å²) in [5.74, 6) is -11.7. The van der Waals surface area contributed by atoms with Crippen molar-refractivity contribution in [3.8, 4) is 5.75 Å². The molecule has 0 spiro atoms. The fourth-order valence-corrected chi connectivity index (χ4v) is 4.68. The van der Waals surface area contributed by atoms with Crippen molar-refractivity contribution in [1.29, 1.82) is 0 Å². The van der Waals surface area contributed by atoms with Crippen molar-refractivity contribution in [2.45, 2.75) is 30.0 Å². The van der Waals surface area contributed by atoms with Gasteiger partial charge in [-0.25, -0.2) is 8.78 Å². The van der Waals surface area contributed by atoms with Gasteiger partial charge in [0.15, 0.2) is 11.6 Å². The molecular weight excluding hydrogens is 513 g/mol. The van der Waals surface area contributed by atoms with E-state index in [9.17, 15) is 39.5 Å². The van der Waals surface area contributed by atoms with Gasteiger partial charge in [0, 0.05) is 0 Å². The molecule has 0 N–H and O–H groups in total. The lowest BCUT2D eigenvalue weighted by Gasteiger charge is -2.43. The van der Waals surface area contributed by atoms with Gasteiger partial charge in [-0.2, -0.15) is 30.7 Å². The number of benzene rings is 3. The molecule has 0 bridgehead atoms. The van der Waals surface area contributed by atoms with Crippen molar-refractivity contribution in [2.75, 3.05) is 20.2 Å². The molecule has 3 aromatic carbocycles. The van der Waals surface area contributed by atoms with Crippen LogP contribution in [-0.4, -0.2) is 36.9 Å². The van der Waals surface area contributed by atoms with Crippen LogP contribution in [-0.2, 0) is 18.1 Å². The third kappa shape index (κ3) is 4.88. The third-order valence-corrected chi connectivity index (χ3v) is 6.49. The Bertz CT molecular complexity index is 1260. The highest BCUT2D eigenvalue weighted by atomic mass is 19.4. The van der Waals surface area contributed by atoms with E-state index in [1.54, 1.807) is 18.2 Å². The first-order valence-corrected chi connectivity index (χ1v) is 11.0. The van der Waals surface area contributed by atoms with Crippen LogP contribution in [0.4, 0.5) is 39.5 Å². The minimum Gasteiger partial charge on any atom is -0.494 e. The van der Waals surface area contributed by atoms with Crippen LogP contribution in [0.3, 0.4) is 0 Å². The lowest BCUT2D eigenvalue weighted by Crippen LogP contribution is -2.49. The maximum absolute atomic E-state index is 14.6.